The molecule has 3 aromatic rings. The van der Waals surface area contributed by atoms with Gasteiger partial charge in [0, 0.05) is 10.9 Å². The van der Waals surface area contributed by atoms with Crippen LogP contribution in [0.25, 0.3) is 21.3 Å². The summed E-state index contributed by atoms with van der Waals surface area (Å²) in [6, 6.07) is 6.48. The zero-order valence-electron chi connectivity index (χ0n) is 13.8. The van der Waals surface area contributed by atoms with E-state index in [-0.39, 0.29) is 6.61 Å². The number of rotatable bonds is 4. The number of thiophene rings is 1. The van der Waals surface area contributed by atoms with Gasteiger partial charge in [0.2, 0.25) is 0 Å². The molecule has 0 aliphatic carbocycles. The van der Waals surface area contributed by atoms with Crippen LogP contribution in [-0.4, -0.2) is 27.2 Å². The Morgan fingerprint density at radius 1 is 1.17 bits per heavy atom. The lowest BCUT2D eigenvalue weighted by Gasteiger charge is -2.24. The van der Waals surface area contributed by atoms with Gasteiger partial charge in [-0.15, -0.1) is 11.3 Å². The molecule has 120 valence electrons. The van der Waals surface area contributed by atoms with Crippen molar-refractivity contribution in [3.63, 3.8) is 0 Å². The second kappa shape index (κ2) is 5.91. The number of hydrogen-bond acceptors (Lipinski definition) is 5. The molecule has 0 aliphatic heterocycles. The number of nitrogens with zero attached hydrogens (tertiary/aromatic N) is 2. The lowest BCUT2D eigenvalue weighted by molar-refractivity contribution is 0.234. The summed E-state index contributed by atoms with van der Waals surface area (Å²) < 4.78 is 0. The van der Waals surface area contributed by atoms with E-state index >= 15 is 0 Å². The number of hydrogen-bond donors (Lipinski definition) is 2. The molecule has 0 aliphatic rings. The molecule has 0 saturated carbocycles. The summed E-state index contributed by atoms with van der Waals surface area (Å²) in [7, 11) is 0. The van der Waals surface area contributed by atoms with Gasteiger partial charge in [0.15, 0.2) is 0 Å². The first-order valence-corrected chi connectivity index (χ1v) is 8.48. The topological polar surface area (TPSA) is 58.0 Å². The molecule has 0 bridgehead atoms. The van der Waals surface area contributed by atoms with Crippen molar-refractivity contribution in [2.24, 2.45) is 0 Å². The van der Waals surface area contributed by atoms with Crippen LogP contribution in [0.4, 0.5) is 5.82 Å². The summed E-state index contributed by atoms with van der Waals surface area (Å²) in [6.07, 6.45) is 1.57. The van der Waals surface area contributed by atoms with E-state index in [2.05, 4.69) is 52.7 Å². The first-order chi connectivity index (χ1) is 10.9. The van der Waals surface area contributed by atoms with E-state index in [0.29, 0.717) is 0 Å². The summed E-state index contributed by atoms with van der Waals surface area (Å²) in [5.74, 6) is 0.767. The summed E-state index contributed by atoms with van der Waals surface area (Å²) in [5, 5.41) is 16.0. The smallest absolute Gasteiger partial charge is 0.139 e. The van der Waals surface area contributed by atoms with Crippen LogP contribution in [0.5, 0.6) is 0 Å². The zero-order valence-corrected chi connectivity index (χ0v) is 14.7. The van der Waals surface area contributed by atoms with Crippen molar-refractivity contribution in [2.45, 2.75) is 33.2 Å². The quantitative estimate of drug-likeness (QED) is 0.755. The van der Waals surface area contributed by atoms with E-state index in [1.165, 1.54) is 16.7 Å². The molecule has 2 N–H and O–H groups in total. The second-order valence-corrected chi connectivity index (χ2v) is 7.38. The van der Waals surface area contributed by atoms with Crippen molar-refractivity contribution < 1.29 is 5.11 Å². The van der Waals surface area contributed by atoms with Crippen molar-refractivity contribution in [1.82, 2.24) is 9.97 Å². The Balaban J connectivity index is 2.17. The largest absolute Gasteiger partial charge is 0.394 e. The molecule has 2 heterocycles. The maximum Gasteiger partial charge on any atom is 0.139 e. The van der Waals surface area contributed by atoms with Crippen LogP contribution in [0, 0.1) is 13.8 Å². The maximum absolute atomic E-state index is 9.53. The fraction of sp³-hybridized carbons (Fsp3) is 0.333. The van der Waals surface area contributed by atoms with E-state index in [4.69, 9.17) is 0 Å². The SMILES string of the molecule is Cc1ccc(-c2csc3ncnc(NC(C)(C)CO)c23)cc1C. The van der Waals surface area contributed by atoms with Gasteiger partial charge in [-0.2, -0.15) is 0 Å². The predicted molar refractivity (Wildman–Crippen MR) is 97.1 cm³/mol. The third-order valence-electron chi connectivity index (χ3n) is 4.04. The number of anilines is 1. The Morgan fingerprint density at radius 3 is 2.65 bits per heavy atom. The fourth-order valence-corrected chi connectivity index (χ4v) is 3.37. The summed E-state index contributed by atoms with van der Waals surface area (Å²) >= 11 is 1.61. The van der Waals surface area contributed by atoms with Gasteiger partial charge >= 0.3 is 0 Å². The molecule has 5 heteroatoms. The summed E-state index contributed by atoms with van der Waals surface area (Å²) in [4.78, 5) is 9.75. The number of fused-ring (bicyclic) bond motifs is 1. The number of aliphatic hydroxyl groups is 1. The molecule has 3 rings (SSSR count). The molecule has 23 heavy (non-hydrogen) atoms. The van der Waals surface area contributed by atoms with E-state index in [1.807, 2.05) is 13.8 Å². The average Bonchev–Trinajstić information content (AvgIpc) is 2.95. The Labute approximate surface area is 140 Å². The Hall–Kier alpha value is -1.98. The van der Waals surface area contributed by atoms with Gasteiger partial charge in [-0.1, -0.05) is 18.2 Å². The minimum atomic E-state index is -0.441. The molecular weight excluding hydrogens is 306 g/mol. The molecule has 0 fully saturated rings. The zero-order chi connectivity index (χ0) is 16.6. The van der Waals surface area contributed by atoms with Crippen LogP contribution in [0.3, 0.4) is 0 Å². The van der Waals surface area contributed by atoms with Gasteiger partial charge in [0.1, 0.15) is 17.0 Å². The first-order valence-electron chi connectivity index (χ1n) is 7.60. The van der Waals surface area contributed by atoms with Gasteiger partial charge in [-0.05, 0) is 44.4 Å². The van der Waals surface area contributed by atoms with Crippen LogP contribution in [0.2, 0.25) is 0 Å². The lowest BCUT2D eigenvalue weighted by Crippen LogP contribution is -2.35. The number of aliphatic hydroxyl groups excluding tert-OH is 1. The second-order valence-electron chi connectivity index (χ2n) is 6.52. The third kappa shape index (κ3) is 3.07. The predicted octanol–water partition coefficient (Wildman–Crippen LogP) is 4.16. The highest BCUT2D eigenvalue weighted by molar-refractivity contribution is 7.17. The molecule has 0 amide bonds. The van der Waals surface area contributed by atoms with Gasteiger partial charge in [-0.25, -0.2) is 9.97 Å². The van der Waals surface area contributed by atoms with Gasteiger partial charge in [0.25, 0.3) is 0 Å². The normalized spacial score (nSPS) is 11.9. The van der Waals surface area contributed by atoms with Crippen LogP contribution in [0.15, 0.2) is 29.9 Å². The molecule has 4 nitrogen and oxygen atoms in total. The van der Waals surface area contributed by atoms with E-state index in [0.717, 1.165) is 21.6 Å². The van der Waals surface area contributed by atoms with Crippen molar-refractivity contribution >= 4 is 27.4 Å². The van der Waals surface area contributed by atoms with E-state index in [1.54, 1.807) is 17.7 Å². The molecular formula is C18H21N3OS. The first kappa shape index (κ1) is 15.9. The van der Waals surface area contributed by atoms with Crippen molar-refractivity contribution in [3.8, 4) is 11.1 Å². The Morgan fingerprint density at radius 2 is 1.96 bits per heavy atom. The molecule has 1 aromatic carbocycles. The van der Waals surface area contributed by atoms with Crippen LogP contribution >= 0.6 is 11.3 Å². The van der Waals surface area contributed by atoms with Crippen LogP contribution < -0.4 is 5.32 Å². The number of aromatic nitrogens is 2. The molecule has 0 radical (unpaired) electrons. The van der Waals surface area contributed by atoms with Crippen LogP contribution in [-0.2, 0) is 0 Å². The third-order valence-corrected chi connectivity index (χ3v) is 4.93. The highest BCUT2D eigenvalue weighted by Crippen LogP contribution is 2.37. The van der Waals surface area contributed by atoms with Gasteiger partial charge in [0.05, 0.1) is 17.5 Å². The maximum atomic E-state index is 9.53. The Kier molecular flexibility index (Phi) is 4.08. The molecule has 0 spiro atoms. The standard InChI is InChI=1S/C18H21N3OS/c1-11-5-6-13(7-12(11)2)14-8-23-17-15(14)16(19-10-20-17)21-18(3,4)9-22/h5-8,10,22H,9H2,1-4H3,(H,19,20,21). The molecule has 0 unspecified atom stereocenters. The highest BCUT2D eigenvalue weighted by Gasteiger charge is 2.20. The van der Waals surface area contributed by atoms with Crippen molar-refractivity contribution in [1.29, 1.82) is 0 Å². The monoisotopic (exact) mass is 327 g/mol. The average molecular weight is 327 g/mol. The number of benzene rings is 1. The Bertz CT molecular complexity index is 855. The number of aryl methyl sites for hydroxylation is 2. The molecule has 0 atom stereocenters. The summed E-state index contributed by atoms with van der Waals surface area (Å²) in [6.45, 7) is 8.16. The van der Waals surface area contributed by atoms with Crippen LogP contribution in [0.1, 0.15) is 25.0 Å². The van der Waals surface area contributed by atoms with E-state index in [9.17, 15) is 5.11 Å². The van der Waals surface area contributed by atoms with E-state index < -0.39 is 5.54 Å². The lowest BCUT2D eigenvalue weighted by atomic mass is 10.0. The highest BCUT2D eigenvalue weighted by atomic mass is 32.1. The van der Waals surface area contributed by atoms with Crippen molar-refractivity contribution in [3.05, 3.63) is 41.0 Å². The van der Waals surface area contributed by atoms with Gasteiger partial charge < -0.3 is 10.4 Å². The van der Waals surface area contributed by atoms with Gasteiger partial charge in [-0.3, -0.25) is 0 Å². The number of nitrogens with one attached hydrogen (secondary N) is 1. The minimum absolute atomic E-state index is 0.0294. The fourth-order valence-electron chi connectivity index (χ4n) is 2.45. The van der Waals surface area contributed by atoms with Crippen molar-refractivity contribution in [2.75, 3.05) is 11.9 Å². The molecule has 0 saturated heterocycles. The summed E-state index contributed by atoms with van der Waals surface area (Å²) in [5.41, 5.74) is 4.40. The molecule has 2 aromatic heterocycles. The minimum Gasteiger partial charge on any atom is -0.394 e.